The van der Waals surface area contributed by atoms with Gasteiger partial charge in [0.05, 0.1) is 23.3 Å². The second-order valence-electron chi connectivity index (χ2n) is 6.01. The zero-order valence-corrected chi connectivity index (χ0v) is 13.4. The molecular formula is C18H21N3O2. The smallest absolute Gasteiger partial charge is 0.221 e. The van der Waals surface area contributed by atoms with E-state index in [4.69, 9.17) is 4.42 Å². The fourth-order valence-corrected chi connectivity index (χ4v) is 2.61. The monoisotopic (exact) mass is 311 g/mol. The third kappa shape index (κ3) is 3.62. The molecule has 23 heavy (non-hydrogen) atoms. The van der Waals surface area contributed by atoms with Gasteiger partial charge in [-0.05, 0) is 30.2 Å². The van der Waals surface area contributed by atoms with Crippen LogP contribution in [0.4, 0.5) is 0 Å². The number of aryl methyl sites for hydroxylation is 1. The summed E-state index contributed by atoms with van der Waals surface area (Å²) in [5, 5.41) is 3.08. The van der Waals surface area contributed by atoms with Gasteiger partial charge in [-0.1, -0.05) is 26.0 Å². The predicted molar refractivity (Wildman–Crippen MR) is 88.8 cm³/mol. The summed E-state index contributed by atoms with van der Waals surface area (Å²) in [6, 6.07) is 11.5. The number of carbonyl (C=O) groups excluding carboxylic acids is 1. The molecule has 0 saturated carbocycles. The quantitative estimate of drug-likeness (QED) is 0.730. The number of H-pyrrole nitrogens is 1. The Bertz CT molecular complexity index is 742. The number of hydrogen-bond donors (Lipinski definition) is 2. The molecule has 2 aromatic heterocycles. The number of imidazole rings is 1. The number of nitrogens with zero attached hydrogens (tertiary/aromatic N) is 1. The first-order valence-corrected chi connectivity index (χ1v) is 7.90. The molecule has 0 saturated heterocycles. The van der Waals surface area contributed by atoms with Crippen LogP contribution in [0.1, 0.15) is 37.9 Å². The molecule has 0 fully saturated rings. The highest BCUT2D eigenvalue weighted by Crippen LogP contribution is 2.22. The molecule has 0 spiro atoms. The number of amides is 1. The molecule has 2 N–H and O–H groups in total. The molecule has 5 heteroatoms. The molecule has 1 aromatic carbocycles. The van der Waals surface area contributed by atoms with Crippen LogP contribution >= 0.6 is 0 Å². The van der Waals surface area contributed by atoms with Gasteiger partial charge in [0.25, 0.3) is 0 Å². The maximum atomic E-state index is 12.2. The van der Waals surface area contributed by atoms with Crippen LogP contribution in [-0.2, 0) is 11.2 Å². The molecule has 0 aliphatic rings. The van der Waals surface area contributed by atoms with E-state index in [1.807, 2.05) is 36.4 Å². The molecule has 5 nitrogen and oxygen atoms in total. The number of fused-ring (bicyclic) bond motifs is 1. The lowest BCUT2D eigenvalue weighted by atomic mass is 10.0. The zero-order chi connectivity index (χ0) is 16.2. The average Bonchev–Trinajstić information content (AvgIpc) is 3.19. The number of aromatic amines is 1. The van der Waals surface area contributed by atoms with Crippen molar-refractivity contribution in [3.63, 3.8) is 0 Å². The lowest BCUT2D eigenvalue weighted by Crippen LogP contribution is -2.32. The van der Waals surface area contributed by atoms with Gasteiger partial charge in [-0.2, -0.15) is 0 Å². The second kappa shape index (κ2) is 6.69. The molecule has 0 bridgehead atoms. The van der Waals surface area contributed by atoms with Crippen LogP contribution in [-0.4, -0.2) is 15.9 Å². The summed E-state index contributed by atoms with van der Waals surface area (Å²) in [5.74, 6) is 1.86. The Kier molecular flexibility index (Phi) is 4.46. The van der Waals surface area contributed by atoms with Crippen LogP contribution in [0.5, 0.6) is 0 Å². The van der Waals surface area contributed by atoms with Gasteiger partial charge in [-0.25, -0.2) is 4.98 Å². The fourth-order valence-electron chi connectivity index (χ4n) is 2.61. The summed E-state index contributed by atoms with van der Waals surface area (Å²) in [4.78, 5) is 20.2. The van der Waals surface area contributed by atoms with Crippen molar-refractivity contribution in [3.8, 4) is 0 Å². The van der Waals surface area contributed by atoms with Crippen molar-refractivity contribution < 1.29 is 9.21 Å². The number of aromatic nitrogens is 2. The minimum Gasteiger partial charge on any atom is -0.469 e. The van der Waals surface area contributed by atoms with Gasteiger partial charge in [0.2, 0.25) is 5.91 Å². The Hall–Kier alpha value is -2.56. The number of furan rings is 1. The number of benzene rings is 1. The molecule has 0 aliphatic heterocycles. The number of hydrogen-bond acceptors (Lipinski definition) is 3. The highest BCUT2D eigenvalue weighted by molar-refractivity contribution is 5.77. The van der Waals surface area contributed by atoms with Crippen LogP contribution < -0.4 is 5.32 Å². The first-order valence-electron chi connectivity index (χ1n) is 7.90. The Balaban J connectivity index is 1.69. The van der Waals surface area contributed by atoms with Crippen molar-refractivity contribution >= 4 is 16.9 Å². The van der Waals surface area contributed by atoms with E-state index in [9.17, 15) is 4.79 Å². The number of para-hydroxylation sites is 2. The maximum Gasteiger partial charge on any atom is 0.221 e. The van der Waals surface area contributed by atoms with Gasteiger partial charge in [-0.3, -0.25) is 4.79 Å². The first-order chi connectivity index (χ1) is 11.1. The summed E-state index contributed by atoms with van der Waals surface area (Å²) in [6.45, 7) is 4.15. The van der Waals surface area contributed by atoms with E-state index in [0.717, 1.165) is 22.6 Å². The van der Waals surface area contributed by atoms with Crippen molar-refractivity contribution in [3.05, 3.63) is 54.2 Å². The van der Waals surface area contributed by atoms with E-state index in [1.54, 1.807) is 6.26 Å². The Labute approximate surface area is 135 Å². The summed E-state index contributed by atoms with van der Waals surface area (Å²) in [5.41, 5.74) is 1.90. The van der Waals surface area contributed by atoms with Gasteiger partial charge in [0.15, 0.2) is 0 Å². The molecule has 2 heterocycles. The SMILES string of the molecule is CC(C)[C@H](NC(=O)CCc1ccco1)c1nc2ccccc2[nH]1. The fraction of sp³-hybridized carbons (Fsp3) is 0.333. The number of carbonyl (C=O) groups is 1. The molecule has 1 amide bonds. The molecule has 120 valence electrons. The second-order valence-corrected chi connectivity index (χ2v) is 6.01. The van der Waals surface area contributed by atoms with E-state index in [-0.39, 0.29) is 17.9 Å². The summed E-state index contributed by atoms with van der Waals surface area (Å²) in [7, 11) is 0. The summed E-state index contributed by atoms with van der Waals surface area (Å²) in [6.07, 6.45) is 2.62. The van der Waals surface area contributed by atoms with Crippen molar-refractivity contribution in [1.82, 2.24) is 15.3 Å². The normalized spacial score (nSPS) is 12.7. The van der Waals surface area contributed by atoms with Crippen LogP contribution in [0.25, 0.3) is 11.0 Å². The minimum absolute atomic E-state index is 0.000515. The van der Waals surface area contributed by atoms with E-state index in [0.29, 0.717) is 12.8 Å². The van der Waals surface area contributed by atoms with Crippen molar-refractivity contribution in [1.29, 1.82) is 0 Å². The van der Waals surface area contributed by atoms with Crippen molar-refractivity contribution in [2.75, 3.05) is 0 Å². The minimum atomic E-state index is -0.133. The number of nitrogens with one attached hydrogen (secondary N) is 2. The van der Waals surface area contributed by atoms with Gasteiger partial charge >= 0.3 is 0 Å². The molecule has 0 unspecified atom stereocenters. The largest absolute Gasteiger partial charge is 0.469 e. The third-order valence-corrected chi connectivity index (χ3v) is 3.86. The Morgan fingerprint density at radius 3 is 2.78 bits per heavy atom. The molecule has 3 rings (SSSR count). The van der Waals surface area contributed by atoms with E-state index in [1.165, 1.54) is 0 Å². The van der Waals surface area contributed by atoms with Crippen molar-refractivity contribution in [2.45, 2.75) is 32.7 Å². The van der Waals surface area contributed by atoms with Crippen LogP contribution in [0.3, 0.4) is 0 Å². The first kappa shape index (κ1) is 15.3. The lowest BCUT2D eigenvalue weighted by molar-refractivity contribution is -0.122. The highest BCUT2D eigenvalue weighted by atomic mass is 16.3. The predicted octanol–water partition coefficient (Wildman–Crippen LogP) is 3.60. The molecular weight excluding hydrogens is 290 g/mol. The van der Waals surface area contributed by atoms with E-state index >= 15 is 0 Å². The van der Waals surface area contributed by atoms with Gasteiger partial charge in [0, 0.05) is 12.8 Å². The van der Waals surface area contributed by atoms with Gasteiger partial charge < -0.3 is 14.7 Å². The third-order valence-electron chi connectivity index (χ3n) is 3.86. The Morgan fingerprint density at radius 2 is 2.09 bits per heavy atom. The van der Waals surface area contributed by atoms with Crippen LogP contribution in [0.2, 0.25) is 0 Å². The number of rotatable bonds is 6. The average molecular weight is 311 g/mol. The maximum absolute atomic E-state index is 12.2. The summed E-state index contributed by atoms with van der Waals surface area (Å²) < 4.78 is 5.26. The molecule has 0 aliphatic carbocycles. The molecule has 3 aromatic rings. The molecule has 1 atom stereocenters. The van der Waals surface area contributed by atoms with E-state index in [2.05, 4.69) is 29.1 Å². The zero-order valence-electron chi connectivity index (χ0n) is 13.4. The highest BCUT2D eigenvalue weighted by Gasteiger charge is 2.21. The Morgan fingerprint density at radius 1 is 1.26 bits per heavy atom. The van der Waals surface area contributed by atoms with Gasteiger partial charge in [-0.15, -0.1) is 0 Å². The topological polar surface area (TPSA) is 70.9 Å². The summed E-state index contributed by atoms with van der Waals surface area (Å²) >= 11 is 0. The van der Waals surface area contributed by atoms with Crippen LogP contribution in [0.15, 0.2) is 47.1 Å². The lowest BCUT2D eigenvalue weighted by Gasteiger charge is -2.20. The van der Waals surface area contributed by atoms with Crippen LogP contribution in [0, 0.1) is 5.92 Å². The van der Waals surface area contributed by atoms with Crippen molar-refractivity contribution in [2.24, 2.45) is 5.92 Å². The molecule has 0 radical (unpaired) electrons. The standard InChI is InChI=1S/C18H21N3O2/c1-12(2)17(18-19-14-7-3-4-8-15(14)20-18)21-16(22)10-9-13-6-5-11-23-13/h3-8,11-12,17H,9-10H2,1-2H3,(H,19,20)(H,21,22)/t17-/m0/s1. The van der Waals surface area contributed by atoms with Gasteiger partial charge in [0.1, 0.15) is 11.6 Å². The van der Waals surface area contributed by atoms with E-state index < -0.39 is 0 Å².